The van der Waals surface area contributed by atoms with Gasteiger partial charge in [-0.1, -0.05) is 47.5 Å². The summed E-state index contributed by atoms with van der Waals surface area (Å²) in [5, 5.41) is 4.79. The first-order valence-electron chi connectivity index (χ1n) is 11.7. The van der Waals surface area contributed by atoms with E-state index in [2.05, 4.69) is 11.4 Å². The highest BCUT2D eigenvalue weighted by Gasteiger charge is 2.23. The summed E-state index contributed by atoms with van der Waals surface area (Å²) in [6.45, 7) is 4.05. The Labute approximate surface area is 217 Å². The summed E-state index contributed by atoms with van der Waals surface area (Å²) >= 11 is 8.86. The molecule has 8 heteroatoms. The standard InChI is InChI=1S/C27H26ClN3O2S2/c1-16-8-13-21(17(2)14-16)31-26(33)24-20-6-4-3-5-7-22(20)35-25(24)30-27(31)34-15-23(32)29-19-11-9-18(28)10-12-19/h8-14H,3-7,15H2,1-2H3,(H,29,32). The zero-order chi connectivity index (χ0) is 24.5. The number of aromatic nitrogens is 2. The van der Waals surface area contributed by atoms with E-state index in [1.54, 1.807) is 40.2 Å². The van der Waals surface area contributed by atoms with E-state index in [0.717, 1.165) is 52.7 Å². The summed E-state index contributed by atoms with van der Waals surface area (Å²) in [6, 6.07) is 13.1. The largest absolute Gasteiger partial charge is 0.325 e. The molecule has 1 N–H and O–H groups in total. The fourth-order valence-corrected chi connectivity index (χ4v) is 6.82. The van der Waals surface area contributed by atoms with Crippen molar-refractivity contribution in [3.8, 4) is 5.69 Å². The summed E-state index contributed by atoms with van der Waals surface area (Å²) in [6.07, 6.45) is 5.37. The average molecular weight is 524 g/mol. The molecule has 35 heavy (non-hydrogen) atoms. The molecular weight excluding hydrogens is 498 g/mol. The van der Waals surface area contributed by atoms with Crippen LogP contribution in [0.15, 0.2) is 52.4 Å². The van der Waals surface area contributed by atoms with Crippen LogP contribution in [0.1, 0.15) is 40.8 Å². The molecule has 0 radical (unpaired) electrons. The number of benzene rings is 2. The number of hydrogen-bond acceptors (Lipinski definition) is 5. The fraction of sp³-hybridized carbons (Fsp3) is 0.296. The van der Waals surface area contributed by atoms with Crippen molar-refractivity contribution in [1.29, 1.82) is 0 Å². The molecule has 4 aromatic rings. The van der Waals surface area contributed by atoms with Gasteiger partial charge in [-0.25, -0.2) is 4.98 Å². The number of amides is 1. The van der Waals surface area contributed by atoms with E-state index in [9.17, 15) is 9.59 Å². The molecule has 2 aromatic heterocycles. The number of thiophene rings is 1. The highest BCUT2D eigenvalue weighted by Crippen LogP contribution is 2.35. The van der Waals surface area contributed by atoms with Gasteiger partial charge in [0.1, 0.15) is 4.83 Å². The number of nitrogens with one attached hydrogen (secondary N) is 1. The SMILES string of the molecule is Cc1ccc(-n2c(SCC(=O)Nc3ccc(Cl)cc3)nc3sc4c(c3c2=O)CCCCC4)c(C)c1. The molecule has 180 valence electrons. The number of hydrogen-bond donors (Lipinski definition) is 1. The van der Waals surface area contributed by atoms with Gasteiger partial charge < -0.3 is 5.32 Å². The predicted octanol–water partition coefficient (Wildman–Crippen LogP) is 6.72. The lowest BCUT2D eigenvalue weighted by atomic mass is 10.1. The van der Waals surface area contributed by atoms with E-state index in [1.165, 1.54) is 28.6 Å². The number of nitrogens with zero attached hydrogens (tertiary/aromatic N) is 2. The molecule has 0 saturated carbocycles. The molecule has 1 amide bonds. The van der Waals surface area contributed by atoms with E-state index in [-0.39, 0.29) is 17.2 Å². The normalized spacial score (nSPS) is 13.5. The third-order valence-electron chi connectivity index (χ3n) is 6.26. The molecule has 0 unspecified atom stereocenters. The highest BCUT2D eigenvalue weighted by molar-refractivity contribution is 7.99. The van der Waals surface area contributed by atoms with Gasteiger partial charge in [-0.05, 0) is 81.0 Å². The van der Waals surface area contributed by atoms with Crippen LogP contribution in [-0.2, 0) is 17.6 Å². The molecule has 2 aromatic carbocycles. The van der Waals surface area contributed by atoms with E-state index in [1.807, 2.05) is 26.0 Å². The van der Waals surface area contributed by atoms with Crippen molar-refractivity contribution in [1.82, 2.24) is 9.55 Å². The van der Waals surface area contributed by atoms with Crippen LogP contribution in [0.5, 0.6) is 0 Å². The second-order valence-corrected chi connectivity index (χ2v) is 11.4. The van der Waals surface area contributed by atoms with Crippen LogP contribution in [0, 0.1) is 13.8 Å². The fourth-order valence-electron chi connectivity index (χ4n) is 4.59. The number of anilines is 1. The van der Waals surface area contributed by atoms with Crippen molar-refractivity contribution in [3.63, 3.8) is 0 Å². The molecule has 0 bridgehead atoms. The summed E-state index contributed by atoms with van der Waals surface area (Å²) in [7, 11) is 0. The number of fused-ring (bicyclic) bond motifs is 3. The molecule has 0 spiro atoms. The molecular formula is C27H26ClN3O2S2. The Balaban J connectivity index is 1.55. The lowest BCUT2D eigenvalue weighted by Gasteiger charge is -2.15. The van der Waals surface area contributed by atoms with Crippen molar-refractivity contribution in [2.45, 2.75) is 51.1 Å². The Kier molecular flexibility index (Phi) is 7.00. The Bertz CT molecular complexity index is 1470. The van der Waals surface area contributed by atoms with Crippen molar-refractivity contribution in [2.75, 3.05) is 11.1 Å². The van der Waals surface area contributed by atoms with Gasteiger partial charge in [-0.2, -0.15) is 0 Å². The maximum atomic E-state index is 14.0. The second-order valence-electron chi connectivity index (χ2n) is 8.91. The summed E-state index contributed by atoms with van der Waals surface area (Å²) in [5.74, 6) is -0.0304. The van der Waals surface area contributed by atoms with E-state index in [4.69, 9.17) is 16.6 Å². The van der Waals surface area contributed by atoms with E-state index < -0.39 is 0 Å². The van der Waals surface area contributed by atoms with Gasteiger partial charge in [0.15, 0.2) is 5.16 Å². The summed E-state index contributed by atoms with van der Waals surface area (Å²) < 4.78 is 1.70. The maximum absolute atomic E-state index is 14.0. The minimum Gasteiger partial charge on any atom is -0.325 e. The molecule has 1 aliphatic rings. The predicted molar refractivity (Wildman–Crippen MR) is 147 cm³/mol. The average Bonchev–Trinajstić information content (AvgIpc) is 3.01. The van der Waals surface area contributed by atoms with Crippen LogP contribution >= 0.6 is 34.7 Å². The van der Waals surface area contributed by atoms with Gasteiger partial charge in [0.25, 0.3) is 5.56 Å². The molecule has 0 saturated heterocycles. The summed E-state index contributed by atoms with van der Waals surface area (Å²) in [4.78, 5) is 33.7. The smallest absolute Gasteiger partial charge is 0.267 e. The number of halogens is 1. The first kappa shape index (κ1) is 24.1. The van der Waals surface area contributed by atoms with Gasteiger partial charge in [-0.3, -0.25) is 14.2 Å². The highest BCUT2D eigenvalue weighted by atomic mass is 35.5. The van der Waals surface area contributed by atoms with Crippen LogP contribution in [0.3, 0.4) is 0 Å². The number of rotatable bonds is 5. The van der Waals surface area contributed by atoms with Crippen molar-refractivity contribution in [2.24, 2.45) is 0 Å². The third kappa shape index (κ3) is 5.03. The van der Waals surface area contributed by atoms with Crippen LogP contribution in [0.25, 0.3) is 15.9 Å². The minimum atomic E-state index is -0.166. The number of thioether (sulfide) groups is 1. The van der Waals surface area contributed by atoms with Gasteiger partial charge >= 0.3 is 0 Å². The van der Waals surface area contributed by atoms with Gasteiger partial charge in [0.2, 0.25) is 5.91 Å². The zero-order valence-electron chi connectivity index (χ0n) is 19.7. The maximum Gasteiger partial charge on any atom is 0.267 e. The van der Waals surface area contributed by atoms with Gasteiger partial charge in [0.05, 0.1) is 16.8 Å². The molecule has 0 atom stereocenters. The topological polar surface area (TPSA) is 64.0 Å². The Hall–Kier alpha value is -2.61. The Morgan fingerprint density at radius 1 is 1.11 bits per heavy atom. The zero-order valence-corrected chi connectivity index (χ0v) is 22.1. The molecule has 5 nitrogen and oxygen atoms in total. The lowest BCUT2D eigenvalue weighted by Crippen LogP contribution is -2.23. The van der Waals surface area contributed by atoms with Crippen molar-refractivity contribution in [3.05, 3.63) is 79.4 Å². The second kappa shape index (κ2) is 10.2. The lowest BCUT2D eigenvalue weighted by molar-refractivity contribution is -0.113. The van der Waals surface area contributed by atoms with Crippen molar-refractivity contribution >= 4 is 56.5 Å². The monoisotopic (exact) mass is 523 g/mol. The molecule has 1 aliphatic carbocycles. The van der Waals surface area contributed by atoms with E-state index >= 15 is 0 Å². The molecule has 2 heterocycles. The number of aryl methyl sites for hydroxylation is 4. The quantitative estimate of drug-likeness (QED) is 0.179. The summed E-state index contributed by atoms with van der Waals surface area (Å²) in [5.41, 5.74) is 4.76. The van der Waals surface area contributed by atoms with Gasteiger partial charge in [0, 0.05) is 15.6 Å². The molecule has 0 aliphatic heterocycles. The van der Waals surface area contributed by atoms with E-state index in [0.29, 0.717) is 15.9 Å². The van der Waals surface area contributed by atoms with Crippen LogP contribution in [-0.4, -0.2) is 21.2 Å². The minimum absolute atomic E-state index is 0.0398. The first-order chi connectivity index (χ1) is 16.9. The number of carbonyl (C=O) groups excluding carboxylic acids is 1. The Morgan fingerprint density at radius 3 is 2.66 bits per heavy atom. The number of carbonyl (C=O) groups is 1. The molecule has 0 fully saturated rings. The van der Waals surface area contributed by atoms with Crippen LogP contribution < -0.4 is 10.9 Å². The Morgan fingerprint density at radius 2 is 1.89 bits per heavy atom. The first-order valence-corrected chi connectivity index (χ1v) is 13.9. The van der Waals surface area contributed by atoms with Crippen LogP contribution in [0.4, 0.5) is 5.69 Å². The van der Waals surface area contributed by atoms with Gasteiger partial charge in [-0.15, -0.1) is 11.3 Å². The van der Waals surface area contributed by atoms with Crippen LogP contribution in [0.2, 0.25) is 5.02 Å². The molecule has 5 rings (SSSR count). The third-order valence-corrected chi connectivity index (χ3v) is 8.64. The van der Waals surface area contributed by atoms with Crippen molar-refractivity contribution < 1.29 is 4.79 Å².